The van der Waals surface area contributed by atoms with Crippen LogP contribution in [0.5, 0.6) is 0 Å². The predicted octanol–water partition coefficient (Wildman–Crippen LogP) is 4.33. The predicted molar refractivity (Wildman–Crippen MR) is 66.9 cm³/mol. The molecule has 0 bridgehead atoms. The molecule has 0 saturated heterocycles. The second kappa shape index (κ2) is 3.69. The maximum Gasteiger partial charge on any atom is -0.00884 e. The number of benzene rings is 1. The molecule has 0 nitrogen and oxygen atoms in total. The first-order valence-corrected chi connectivity index (χ1v) is 5.54. The number of allylic oxidation sites excluding steroid dienone is 4. The minimum Gasteiger partial charge on any atom is -0.0801 e. The Hall–Kier alpha value is -1.30. The van der Waals surface area contributed by atoms with E-state index >= 15 is 0 Å². The Balaban J connectivity index is 2.25. The number of hydrogen-bond donors (Lipinski definition) is 0. The van der Waals surface area contributed by atoms with Gasteiger partial charge in [0.05, 0.1) is 0 Å². The van der Waals surface area contributed by atoms with Crippen molar-refractivity contribution in [2.24, 2.45) is 0 Å². The molecular weight excluding hydrogens is 180 g/mol. The third-order valence-corrected chi connectivity index (χ3v) is 2.89. The summed E-state index contributed by atoms with van der Waals surface area (Å²) in [5.74, 6) is 0. The van der Waals surface area contributed by atoms with Gasteiger partial charge in [0.2, 0.25) is 0 Å². The van der Waals surface area contributed by atoms with Crippen molar-refractivity contribution in [3.05, 3.63) is 53.6 Å². The maximum absolute atomic E-state index is 2.25. The molecule has 0 saturated carbocycles. The van der Waals surface area contributed by atoms with Gasteiger partial charge in [0.15, 0.2) is 0 Å². The molecule has 78 valence electrons. The first-order valence-electron chi connectivity index (χ1n) is 5.54. The van der Waals surface area contributed by atoms with Crippen molar-refractivity contribution in [3.63, 3.8) is 0 Å². The molecule has 0 spiro atoms. The molecule has 1 aromatic carbocycles. The maximum atomic E-state index is 2.25. The summed E-state index contributed by atoms with van der Waals surface area (Å²) in [4.78, 5) is 0. The Bertz CT molecular complexity index is 397. The molecule has 0 heterocycles. The van der Waals surface area contributed by atoms with E-state index in [1.807, 2.05) is 0 Å². The molecule has 0 aromatic heterocycles. The Kier molecular flexibility index (Phi) is 2.52. The smallest absolute Gasteiger partial charge is 0.00884 e. The molecule has 0 fully saturated rings. The van der Waals surface area contributed by atoms with Crippen molar-refractivity contribution in [3.8, 4) is 0 Å². The van der Waals surface area contributed by atoms with E-state index in [1.54, 1.807) is 0 Å². The van der Waals surface area contributed by atoms with Gasteiger partial charge >= 0.3 is 0 Å². The van der Waals surface area contributed by atoms with E-state index in [0.717, 1.165) is 6.42 Å². The Morgan fingerprint density at radius 3 is 2.13 bits per heavy atom. The summed E-state index contributed by atoms with van der Waals surface area (Å²) in [6.07, 6.45) is 7.61. The van der Waals surface area contributed by atoms with Gasteiger partial charge in [0.25, 0.3) is 0 Å². The molecule has 0 amide bonds. The van der Waals surface area contributed by atoms with Gasteiger partial charge in [-0.25, -0.2) is 0 Å². The molecule has 0 N–H and O–H groups in total. The van der Waals surface area contributed by atoms with Crippen molar-refractivity contribution in [1.29, 1.82) is 0 Å². The molecule has 1 aliphatic carbocycles. The van der Waals surface area contributed by atoms with Crippen LogP contribution >= 0.6 is 0 Å². The summed E-state index contributed by atoms with van der Waals surface area (Å²) in [7, 11) is 0. The molecule has 15 heavy (non-hydrogen) atoms. The largest absolute Gasteiger partial charge is 0.0801 e. The van der Waals surface area contributed by atoms with Crippen molar-refractivity contribution in [2.45, 2.75) is 32.6 Å². The molecule has 1 aromatic rings. The van der Waals surface area contributed by atoms with Gasteiger partial charge in [-0.05, 0) is 28.5 Å². The molecule has 1 aliphatic rings. The van der Waals surface area contributed by atoms with E-state index < -0.39 is 0 Å². The number of hydrogen-bond acceptors (Lipinski definition) is 0. The highest BCUT2D eigenvalue weighted by Gasteiger charge is 2.13. The second-order valence-electron chi connectivity index (χ2n) is 5.15. The van der Waals surface area contributed by atoms with E-state index in [9.17, 15) is 0 Å². The van der Waals surface area contributed by atoms with Crippen LogP contribution in [-0.2, 0) is 5.41 Å². The van der Waals surface area contributed by atoms with Crippen LogP contribution in [0.3, 0.4) is 0 Å². The molecule has 0 atom stereocenters. The minimum absolute atomic E-state index is 0.251. The lowest BCUT2D eigenvalue weighted by atomic mass is 9.86. The van der Waals surface area contributed by atoms with Crippen molar-refractivity contribution < 1.29 is 0 Å². The van der Waals surface area contributed by atoms with Gasteiger partial charge in [0.1, 0.15) is 0 Å². The second-order valence-corrected chi connectivity index (χ2v) is 5.15. The zero-order valence-electron chi connectivity index (χ0n) is 9.75. The van der Waals surface area contributed by atoms with E-state index in [4.69, 9.17) is 0 Å². The first-order chi connectivity index (χ1) is 7.07. The fourth-order valence-electron chi connectivity index (χ4n) is 1.85. The first kappa shape index (κ1) is 10.2. The third-order valence-electron chi connectivity index (χ3n) is 2.89. The zero-order chi connectivity index (χ0) is 10.9. The average molecular weight is 198 g/mol. The van der Waals surface area contributed by atoms with E-state index in [-0.39, 0.29) is 5.41 Å². The van der Waals surface area contributed by atoms with Crippen LogP contribution in [-0.4, -0.2) is 0 Å². The van der Waals surface area contributed by atoms with Crippen molar-refractivity contribution in [1.82, 2.24) is 0 Å². The lowest BCUT2D eigenvalue weighted by molar-refractivity contribution is 0.590. The monoisotopic (exact) mass is 198 g/mol. The van der Waals surface area contributed by atoms with Gasteiger partial charge in [-0.1, -0.05) is 63.3 Å². The summed E-state index contributed by atoms with van der Waals surface area (Å²) in [6.45, 7) is 6.75. The lowest BCUT2D eigenvalue weighted by Gasteiger charge is -2.19. The topological polar surface area (TPSA) is 0 Å². The fourth-order valence-corrected chi connectivity index (χ4v) is 1.85. The SMILES string of the molecule is CC(C)(C)c1ccc(C2=CC=CC2)cc1. The van der Waals surface area contributed by atoms with E-state index in [2.05, 4.69) is 63.3 Å². The van der Waals surface area contributed by atoms with Gasteiger partial charge in [-0.2, -0.15) is 0 Å². The van der Waals surface area contributed by atoms with Gasteiger partial charge in [-0.3, -0.25) is 0 Å². The summed E-state index contributed by atoms with van der Waals surface area (Å²) < 4.78 is 0. The standard InChI is InChI=1S/C15H18/c1-15(2,3)14-10-8-13(9-11-14)12-6-4-5-7-12/h4-6,8-11H,7H2,1-3H3. The summed E-state index contributed by atoms with van der Waals surface area (Å²) in [5, 5.41) is 0. The molecule has 0 radical (unpaired) electrons. The van der Waals surface area contributed by atoms with Crippen LogP contribution in [0.25, 0.3) is 5.57 Å². The Labute approximate surface area is 92.3 Å². The lowest BCUT2D eigenvalue weighted by Crippen LogP contribution is -2.10. The normalized spacial score (nSPS) is 15.5. The molecule has 0 aliphatic heterocycles. The van der Waals surface area contributed by atoms with Crippen LogP contribution in [0.1, 0.15) is 38.3 Å². The summed E-state index contributed by atoms with van der Waals surface area (Å²) >= 11 is 0. The highest BCUT2D eigenvalue weighted by Crippen LogP contribution is 2.27. The van der Waals surface area contributed by atoms with Crippen molar-refractivity contribution >= 4 is 5.57 Å². The summed E-state index contributed by atoms with van der Waals surface area (Å²) in [6, 6.07) is 8.96. The van der Waals surface area contributed by atoms with Crippen LogP contribution in [0.15, 0.2) is 42.5 Å². The number of rotatable bonds is 1. The van der Waals surface area contributed by atoms with Crippen LogP contribution < -0.4 is 0 Å². The highest BCUT2D eigenvalue weighted by atomic mass is 14.2. The van der Waals surface area contributed by atoms with E-state index in [0.29, 0.717) is 0 Å². The zero-order valence-corrected chi connectivity index (χ0v) is 9.75. The molecule has 0 heteroatoms. The van der Waals surface area contributed by atoms with Gasteiger partial charge in [0, 0.05) is 0 Å². The molecule has 2 rings (SSSR count). The fraction of sp³-hybridized carbons (Fsp3) is 0.333. The molecular formula is C15H18. The highest BCUT2D eigenvalue weighted by molar-refractivity contribution is 5.70. The van der Waals surface area contributed by atoms with E-state index in [1.165, 1.54) is 16.7 Å². The quantitative estimate of drug-likeness (QED) is 0.630. The Morgan fingerprint density at radius 1 is 1.00 bits per heavy atom. The van der Waals surface area contributed by atoms with Crippen LogP contribution in [0.4, 0.5) is 0 Å². The average Bonchev–Trinajstić information content (AvgIpc) is 2.69. The Morgan fingerprint density at radius 2 is 1.67 bits per heavy atom. The minimum atomic E-state index is 0.251. The summed E-state index contributed by atoms with van der Waals surface area (Å²) in [5.41, 5.74) is 4.43. The molecule has 0 unspecified atom stereocenters. The van der Waals surface area contributed by atoms with Crippen LogP contribution in [0, 0.1) is 0 Å². The third kappa shape index (κ3) is 2.20. The van der Waals surface area contributed by atoms with Gasteiger partial charge < -0.3 is 0 Å². The van der Waals surface area contributed by atoms with Crippen LogP contribution in [0.2, 0.25) is 0 Å². The van der Waals surface area contributed by atoms with Gasteiger partial charge in [-0.15, -0.1) is 0 Å². The van der Waals surface area contributed by atoms with Crippen molar-refractivity contribution in [2.75, 3.05) is 0 Å².